The first-order valence-corrected chi connectivity index (χ1v) is 5.94. The van der Waals surface area contributed by atoms with E-state index in [1.807, 2.05) is 13.8 Å². The van der Waals surface area contributed by atoms with Gasteiger partial charge >= 0.3 is 0 Å². The Kier molecular flexibility index (Phi) is 4.52. The summed E-state index contributed by atoms with van der Waals surface area (Å²) in [7, 11) is 0. The van der Waals surface area contributed by atoms with Gasteiger partial charge < -0.3 is 21.6 Å². The Hall–Kier alpha value is -1.79. The summed E-state index contributed by atoms with van der Waals surface area (Å²) in [6.45, 7) is 4.44. The molecule has 0 spiro atoms. The lowest BCUT2D eigenvalue weighted by molar-refractivity contribution is -0.133. The Bertz CT molecular complexity index is 367. The van der Waals surface area contributed by atoms with Crippen molar-refractivity contribution in [2.24, 2.45) is 34.4 Å². The number of primary amides is 1. The number of rotatable bonds is 4. The molecule has 1 rings (SSSR count). The van der Waals surface area contributed by atoms with Gasteiger partial charge in [0.1, 0.15) is 5.92 Å². The minimum atomic E-state index is -0.665. The van der Waals surface area contributed by atoms with Gasteiger partial charge in [0, 0.05) is 13.1 Å². The van der Waals surface area contributed by atoms with Crippen LogP contribution in [0.1, 0.15) is 20.3 Å². The second-order valence-electron chi connectivity index (χ2n) is 4.92. The topological polar surface area (TPSA) is 122 Å². The van der Waals surface area contributed by atoms with E-state index in [1.54, 1.807) is 4.90 Å². The summed E-state index contributed by atoms with van der Waals surface area (Å²) in [4.78, 5) is 24.9. The standard InChI is InChI=1S/C11H20N4O3/c1-6(2)8(9(12)14-18)11(17)15-4-3-7(5-15)10(13)16/h6-8,18H,3-5H2,1-2H3,(H2,12,14)(H2,13,16). The highest BCUT2D eigenvalue weighted by atomic mass is 16.4. The Morgan fingerprint density at radius 2 is 2.00 bits per heavy atom. The highest BCUT2D eigenvalue weighted by Gasteiger charge is 2.36. The molecule has 7 nitrogen and oxygen atoms in total. The molecule has 1 aliphatic heterocycles. The van der Waals surface area contributed by atoms with Crippen LogP contribution >= 0.6 is 0 Å². The molecule has 1 saturated heterocycles. The van der Waals surface area contributed by atoms with Crippen LogP contribution in [0, 0.1) is 17.8 Å². The van der Waals surface area contributed by atoms with Gasteiger partial charge in [-0.3, -0.25) is 9.59 Å². The van der Waals surface area contributed by atoms with E-state index in [0.717, 1.165) is 0 Å². The van der Waals surface area contributed by atoms with Gasteiger partial charge in [-0.25, -0.2) is 0 Å². The minimum Gasteiger partial charge on any atom is -0.409 e. The first kappa shape index (κ1) is 14.3. The third-order valence-electron chi connectivity index (χ3n) is 3.27. The van der Waals surface area contributed by atoms with Gasteiger partial charge in [-0.1, -0.05) is 19.0 Å². The lowest BCUT2D eigenvalue weighted by Gasteiger charge is -2.24. The molecule has 1 heterocycles. The van der Waals surface area contributed by atoms with E-state index in [1.165, 1.54) is 0 Å². The number of amidine groups is 1. The maximum Gasteiger partial charge on any atom is 0.233 e. The molecule has 1 aliphatic rings. The van der Waals surface area contributed by atoms with E-state index in [0.29, 0.717) is 19.5 Å². The van der Waals surface area contributed by atoms with Crippen LogP contribution in [-0.2, 0) is 9.59 Å². The molecule has 2 atom stereocenters. The van der Waals surface area contributed by atoms with E-state index in [2.05, 4.69) is 5.16 Å². The summed E-state index contributed by atoms with van der Waals surface area (Å²) < 4.78 is 0. The second-order valence-corrected chi connectivity index (χ2v) is 4.92. The van der Waals surface area contributed by atoms with Gasteiger partial charge in [-0.05, 0) is 12.3 Å². The van der Waals surface area contributed by atoms with Crippen molar-refractivity contribution in [3.63, 3.8) is 0 Å². The largest absolute Gasteiger partial charge is 0.409 e. The Morgan fingerprint density at radius 3 is 2.39 bits per heavy atom. The zero-order valence-electron chi connectivity index (χ0n) is 10.7. The lowest BCUT2D eigenvalue weighted by Crippen LogP contribution is -2.44. The highest BCUT2D eigenvalue weighted by Crippen LogP contribution is 2.21. The number of hydrogen-bond acceptors (Lipinski definition) is 4. The number of likely N-dealkylation sites (tertiary alicyclic amines) is 1. The number of nitrogens with two attached hydrogens (primary N) is 2. The summed E-state index contributed by atoms with van der Waals surface area (Å²) in [5.41, 5.74) is 10.8. The fraction of sp³-hybridized carbons (Fsp3) is 0.727. The molecule has 2 unspecified atom stereocenters. The van der Waals surface area contributed by atoms with Crippen molar-refractivity contribution >= 4 is 17.6 Å². The first-order valence-electron chi connectivity index (χ1n) is 5.94. The molecule has 2 amide bonds. The van der Waals surface area contributed by atoms with Gasteiger partial charge in [0.15, 0.2) is 5.84 Å². The number of nitrogens with zero attached hydrogens (tertiary/aromatic N) is 2. The predicted molar refractivity (Wildman–Crippen MR) is 65.6 cm³/mol. The third-order valence-corrected chi connectivity index (χ3v) is 3.27. The van der Waals surface area contributed by atoms with E-state index < -0.39 is 11.8 Å². The van der Waals surface area contributed by atoms with Gasteiger partial charge in [0.25, 0.3) is 0 Å². The average molecular weight is 256 g/mol. The molecule has 0 saturated carbocycles. The summed E-state index contributed by atoms with van der Waals surface area (Å²) >= 11 is 0. The van der Waals surface area contributed by atoms with E-state index in [4.69, 9.17) is 16.7 Å². The molecular weight excluding hydrogens is 236 g/mol. The number of carbonyl (C=O) groups excluding carboxylic acids is 2. The first-order chi connectivity index (χ1) is 8.38. The molecule has 0 aromatic heterocycles. The van der Waals surface area contributed by atoms with E-state index in [-0.39, 0.29) is 23.6 Å². The van der Waals surface area contributed by atoms with Crippen molar-refractivity contribution < 1.29 is 14.8 Å². The zero-order chi connectivity index (χ0) is 13.9. The van der Waals surface area contributed by atoms with Crippen LogP contribution in [0.3, 0.4) is 0 Å². The van der Waals surface area contributed by atoms with Crippen molar-refractivity contribution in [2.45, 2.75) is 20.3 Å². The van der Waals surface area contributed by atoms with Crippen molar-refractivity contribution in [2.75, 3.05) is 13.1 Å². The van der Waals surface area contributed by atoms with Crippen molar-refractivity contribution in [1.29, 1.82) is 0 Å². The molecule has 0 aliphatic carbocycles. The lowest BCUT2D eigenvalue weighted by atomic mass is 9.93. The fourth-order valence-electron chi connectivity index (χ4n) is 2.20. The molecule has 0 bridgehead atoms. The van der Waals surface area contributed by atoms with Crippen molar-refractivity contribution in [3.8, 4) is 0 Å². The van der Waals surface area contributed by atoms with Crippen LogP contribution in [0.25, 0.3) is 0 Å². The quantitative estimate of drug-likeness (QED) is 0.267. The molecule has 1 fully saturated rings. The maximum atomic E-state index is 12.3. The Balaban J connectivity index is 2.77. The molecule has 18 heavy (non-hydrogen) atoms. The van der Waals surface area contributed by atoms with Crippen LogP contribution < -0.4 is 11.5 Å². The van der Waals surface area contributed by atoms with Crippen LogP contribution in [0.15, 0.2) is 5.16 Å². The van der Waals surface area contributed by atoms with Crippen LogP contribution in [0.4, 0.5) is 0 Å². The molecular formula is C11H20N4O3. The smallest absolute Gasteiger partial charge is 0.233 e. The van der Waals surface area contributed by atoms with Crippen molar-refractivity contribution in [1.82, 2.24) is 4.90 Å². The average Bonchev–Trinajstić information content (AvgIpc) is 2.77. The van der Waals surface area contributed by atoms with E-state index >= 15 is 0 Å². The number of oxime groups is 1. The zero-order valence-corrected chi connectivity index (χ0v) is 10.7. The summed E-state index contributed by atoms with van der Waals surface area (Å²) in [5.74, 6) is -1.76. The van der Waals surface area contributed by atoms with Gasteiger partial charge in [0.05, 0.1) is 5.92 Å². The van der Waals surface area contributed by atoms with Crippen LogP contribution in [0.5, 0.6) is 0 Å². The molecule has 0 aromatic rings. The molecule has 5 N–H and O–H groups in total. The fourth-order valence-corrected chi connectivity index (χ4v) is 2.20. The number of carbonyl (C=O) groups is 2. The highest BCUT2D eigenvalue weighted by molar-refractivity contribution is 6.02. The van der Waals surface area contributed by atoms with Crippen LogP contribution in [0.2, 0.25) is 0 Å². The molecule has 7 heteroatoms. The SMILES string of the molecule is CC(C)C(C(=O)N1CCC(C(N)=O)C1)C(N)=NO. The third kappa shape index (κ3) is 2.91. The molecule has 0 aromatic carbocycles. The second kappa shape index (κ2) is 5.70. The van der Waals surface area contributed by atoms with Gasteiger partial charge in [-0.2, -0.15) is 0 Å². The summed E-state index contributed by atoms with van der Waals surface area (Å²) in [5, 5.41) is 11.6. The summed E-state index contributed by atoms with van der Waals surface area (Å²) in [6, 6.07) is 0. The number of amides is 2. The molecule has 0 radical (unpaired) electrons. The van der Waals surface area contributed by atoms with Crippen LogP contribution in [-0.4, -0.2) is 40.8 Å². The summed E-state index contributed by atoms with van der Waals surface area (Å²) in [6.07, 6.45) is 0.571. The monoisotopic (exact) mass is 256 g/mol. The normalized spacial score (nSPS) is 22.3. The maximum absolute atomic E-state index is 12.3. The van der Waals surface area contributed by atoms with Crippen molar-refractivity contribution in [3.05, 3.63) is 0 Å². The van der Waals surface area contributed by atoms with Gasteiger partial charge in [-0.15, -0.1) is 0 Å². The number of hydrogen-bond donors (Lipinski definition) is 3. The van der Waals surface area contributed by atoms with E-state index in [9.17, 15) is 9.59 Å². The Labute approximate surface area is 106 Å². The Morgan fingerprint density at radius 1 is 1.39 bits per heavy atom. The minimum absolute atomic E-state index is 0.0824. The van der Waals surface area contributed by atoms with Gasteiger partial charge in [0.2, 0.25) is 11.8 Å². The predicted octanol–water partition coefficient (Wildman–Crippen LogP) is -0.661. The molecule has 102 valence electrons.